The lowest BCUT2D eigenvalue weighted by Gasteiger charge is -2.26. The molecule has 0 radical (unpaired) electrons. The first-order valence-electron chi connectivity index (χ1n) is 11.0. The summed E-state index contributed by atoms with van der Waals surface area (Å²) in [7, 11) is -3.56. The minimum Gasteiger partial charge on any atom is -0.379 e. The summed E-state index contributed by atoms with van der Waals surface area (Å²) in [5.41, 5.74) is 8.76. The predicted octanol–water partition coefficient (Wildman–Crippen LogP) is 4.08. The molecule has 3 aromatic rings. The van der Waals surface area contributed by atoms with E-state index in [0.717, 1.165) is 28.0 Å². The Labute approximate surface area is 205 Å². The van der Waals surface area contributed by atoms with Crippen molar-refractivity contribution in [3.63, 3.8) is 0 Å². The Bertz CT molecular complexity index is 1270. The monoisotopic (exact) mass is 508 g/mol. The molecule has 1 aromatic heterocycles. The molecule has 4 rings (SSSR count). The van der Waals surface area contributed by atoms with Crippen LogP contribution in [-0.4, -0.2) is 55.1 Å². The molecule has 7 nitrogen and oxygen atoms in total. The van der Waals surface area contributed by atoms with Crippen molar-refractivity contribution in [1.29, 1.82) is 0 Å². The van der Waals surface area contributed by atoms with Crippen LogP contribution >= 0.6 is 12.4 Å². The number of allylic oxidation sites excluding steroid dienone is 1. The van der Waals surface area contributed by atoms with E-state index in [9.17, 15) is 12.8 Å². The molecule has 0 spiro atoms. The highest BCUT2D eigenvalue weighted by Gasteiger charge is 2.26. The first kappa shape index (κ1) is 26.3. The smallest absolute Gasteiger partial charge is 0.243 e. The molecule has 34 heavy (non-hydrogen) atoms. The van der Waals surface area contributed by atoms with E-state index in [2.05, 4.69) is 0 Å². The van der Waals surface area contributed by atoms with E-state index in [1.54, 1.807) is 24.3 Å². The number of benzene rings is 2. The zero-order valence-electron chi connectivity index (χ0n) is 19.3. The fourth-order valence-corrected chi connectivity index (χ4v) is 5.50. The van der Waals surface area contributed by atoms with Gasteiger partial charge in [-0.3, -0.25) is 0 Å². The molecular formula is C24H30ClFN4O3S. The molecule has 1 aliphatic rings. The number of halogens is 2. The summed E-state index contributed by atoms with van der Waals surface area (Å²) in [6.07, 6.45) is 1.37. The van der Waals surface area contributed by atoms with E-state index in [1.165, 1.54) is 10.4 Å². The summed E-state index contributed by atoms with van der Waals surface area (Å²) in [5, 5.41) is 0. The van der Waals surface area contributed by atoms with Gasteiger partial charge in [0.2, 0.25) is 10.0 Å². The van der Waals surface area contributed by atoms with Gasteiger partial charge in [-0.05, 0) is 29.8 Å². The van der Waals surface area contributed by atoms with Crippen molar-refractivity contribution in [2.45, 2.75) is 31.2 Å². The highest BCUT2D eigenvalue weighted by Crippen LogP contribution is 2.32. The largest absolute Gasteiger partial charge is 0.379 e. The van der Waals surface area contributed by atoms with E-state index >= 15 is 0 Å². The second-order valence-corrected chi connectivity index (χ2v) is 10.2. The molecule has 2 heterocycles. The summed E-state index contributed by atoms with van der Waals surface area (Å²) in [6.45, 7) is 5.77. The van der Waals surface area contributed by atoms with Crippen molar-refractivity contribution < 1.29 is 17.5 Å². The molecule has 1 saturated heterocycles. The molecule has 184 valence electrons. The first-order valence-corrected chi connectivity index (χ1v) is 12.5. The number of fused-ring (bicyclic) bond motifs is 1. The van der Waals surface area contributed by atoms with Crippen molar-refractivity contribution >= 4 is 33.5 Å². The van der Waals surface area contributed by atoms with Crippen molar-refractivity contribution in [3.05, 3.63) is 60.2 Å². The standard InChI is InChI=1S/C24H29FN4O3S.ClH/c1-17(2)24-27-23-21(4-3-5-22(23)29(24)16-19(25)10-11-26)18-6-8-20(9-7-18)33(30,31)28-12-14-32-15-13-28;/h3-10,17H,11-16,26H2,1-2H3;1H/b19-10-;. The molecule has 2 N–H and O–H groups in total. The molecule has 0 atom stereocenters. The normalized spacial score (nSPS) is 15.6. The third-order valence-electron chi connectivity index (χ3n) is 5.75. The van der Waals surface area contributed by atoms with Crippen molar-refractivity contribution in [2.75, 3.05) is 32.8 Å². The third kappa shape index (κ3) is 5.18. The number of nitrogens with two attached hydrogens (primary N) is 1. The molecule has 1 aliphatic heterocycles. The fourth-order valence-electron chi connectivity index (χ4n) is 4.09. The Kier molecular flexibility index (Phi) is 8.48. The molecule has 10 heteroatoms. The maximum atomic E-state index is 14.3. The number of hydrogen-bond acceptors (Lipinski definition) is 5. The van der Waals surface area contributed by atoms with Gasteiger partial charge >= 0.3 is 0 Å². The van der Waals surface area contributed by atoms with Crippen LogP contribution in [0.4, 0.5) is 4.39 Å². The Balaban J connectivity index is 0.00000324. The number of sulfonamides is 1. The van der Waals surface area contributed by atoms with E-state index in [0.29, 0.717) is 26.3 Å². The van der Waals surface area contributed by atoms with Gasteiger partial charge in [-0.15, -0.1) is 12.4 Å². The van der Waals surface area contributed by atoms with Crippen LogP contribution in [0.3, 0.4) is 0 Å². The van der Waals surface area contributed by atoms with Gasteiger partial charge in [0.1, 0.15) is 11.7 Å². The molecule has 0 saturated carbocycles. The molecule has 0 aliphatic carbocycles. The maximum absolute atomic E-state index is 14.3. The van der Waals surface area contributed by atoms with Gasteiger partial charge in [-0.25, -0.2) is 17.8 Å². The molecule has 0 bridgehead atoms. The fraction of sp³-hybridized carbons (Fsp3) is 0.375. The summed E-state index contributed by atoms with van der Waals surface area (Å²) in [4.78, 5) is 5.10. The van der Waals surface area contributed by atoms with E-state index < -0.39 is 10.0 Å². The summed E-state index contributed by atoms with van der Waals surface area (Å²) in [6, 6.07) is 12.6. The molecule has 0 amide bonds. The number of hydrogen-bond donors (Lipinski definition) is 1. The highest BCUT2D eigenvalue weighted by molar-refractivity contribution is 7.89. The zero-order chi connectivity index (χ0) is 23.6. The minimum atomic E-state index is -3.56. The van der Waals surface area contributed by atoms with Gasteiger partial charge in [0.15, 0.2) is 0 Å². The van der Waals surface area contributed by atoms with Crippen LogP contribution < -0.4 is 5.73 Å². The third-order valence-corrected chi connectivity index (χ3v) is 7.66. The quantitative estimate of drug-likeness (QED) is 0.519. The van der Waals surface area contributed by atoms with Gasteiger partial charge in [0.05, 0.1) is 35.7 Å². The van der Waals surface area contributed by atoms with E-state index in [4.69, 9.17) is 15.5 Å². The lowest BCUT2D eigenvalue weighted by atomic mass is 10.0. The molecule has 2 aromatic carbocycles. The van der Waals surface area contributed by atoms with Gasteiger partial charge in [0.25, 0.3) is 0 Å². The number of rotatable bonds is 7. The summed E-state index contributed by atoms with van der Waals surface area (Å²) < 4.78 is 48.8. The van der Waals surface area contributed by atoms with E-state index in [-0.39, 0.29) is 42.1 Å². The lowest BCUT2D eigenvalue weighted by molar-refractivity contribution is 0.0730. The van der Waals surface area contributed by atoms with Crippen molar-refractivity contribution in [2.24, 2.45) is 5.73 Å². The Morgan fingerprint density at radius 3 is 2.47 bits per heavy atom. The number of aromatic nitrogens is 2. The van der Waals surface area contributed by atoms with Crippen LogP contribution in [0.1, 0.15) is 25.6 Å². The summed E-state index contributed by atoms with van der Waals surface area (Å²) in [5.74, 6) is 0.572. The Morgan fingerprint density at radius 2 is 1.85 bits per heavy atom. The summed E-state index contributed by atoms with van der Waals surface area (Å²) >= 11 is 0. The molecule has 1 fully saturated rings. The minimum absolute atomic E-state index is 0. The molecular weight excluding hydrogens is 479 g/mol. The van der Waals surface area contributed by atoms with Crippen LogP contribution in [0, 0.1) is 0 Å². The van der Waals surface area contributed by atoms with Crippen LogP contribution in [0.15, 0.2) is 59.3 Å². The van der Waals surface area contributed by atoms with Crippen molar-refractivity contribution in [3.8, 4) is 11.1 Å². The van der Waals surface area contributed by atoms with Crippen molar-refractivity contribution in [1.82, 2.24) is 13.9 Å². The van der Waals surface area contributed by atoms with Crippen LogP contribution in [-0.2, 0) is 21.3 Å². The maximum Gasteiger partial charge on any atom is 0.243 e. The number of morpholine rings is 1. The second-order valence-electron chi connectivity index (χ2n) is 8.31. The topological polar surface area (TPSA) is 90.5 Å². The van der Waals surface area contributed by atoms with Crippen LogP contribution in [0.5, 0.6) is 0 Å². The predicted molar refractivity (Wildman–Crippen MR) is 134 cm³/mol. The first-order chi connectivity index (χ1) is 15.8. The SMILES string of the molecule is CC(C)c1nc2c(-c3ccc(S(=O)(=O)N4CCOCC4)cc3)cccc2n1C/C(F)=C/CN.Cl. The van der Waals surface area contributed by atoms with Crippen LogP contribution in [0.2, 0.25) is 0 Å². The average molecular weight is 509 g/mol. The Hall–Kier alpha value is -2.30. The van der Waals surface area contributed by atoms with Gasteiger partial charge in [0, 0.05) is 31.1 Å². The van der Waals surface area contributed by atoms with Gasteiger partial charge in [-0.1, -0.05) is 38.1 Å². The average Bonchev–Trinajstić information content (AvgIpc) is 3.18. The number of imidazole rings is 1. The molecule has 0 unspecified atom stereocenters. The Morgan fingerprint density at radius 1 is 1.18 bits per heavy atom. The van der Waals surface area contributed by atoms with Gasteiger partial charge < -0.3 is 15.0 Å². The number of ether oxygens (including phenoxy) is 1. The number of nitrogens with zero attached hydrogens (tertiary/aromatic N) is 3. The van der Waals surface area contributed by atoms with Crippen LogP contribution in [0.25, 0.3) is 22.2 Å². The lowest BCUT2D eigenvalue weighted by Crippen LogP contribution is -2.40. The second kappa shape index (κ2) is 11.0. The number of para-hydroxylation sites is 1. The van der Waals surface area contributed by atoms with E-state index in [1.807, 2.05) is 36.6 Å². The highest BCUT2D eigenvalue weighted by atomic mass is 35.5. The van der Waals surface area contributed by atoms with Gasteiger partial charge in [-0.2, -0.15) is 4.31 Å². The zero-order valence-corrected chi connectivity index (χ0v) is 20.9.